The summed E-state index contributed by atoms with van der Waals surface area (Å²) < 4.78 is 68.3. The average Bonchev–Trinajstić information content (AvgIpc) is 2.77. The van der Waals surface area contributed by atoms with Crippen LogP contribution in [0.3, 0.4) is 0 Å². The Bertz CT molecular complexity index is 1030. The van der Waals surface area contributed by atoms with Gasteiger partial charge in [-0.25, -0.2) is 22.0 Å². The molecule has 32 heavy (non-hydrogen) atoms. The quantitative estimate of drug-likeness (QED) is 0.386. The molecule has 3 rings (SSSR count). The second kappa shape index (κ2) is 9.72. The summed E-state index contributed by atoms with van der Waals surface area (Å²) in [5, 5.41) is 2.37. The second-order valence-corrected chi connectivity index (χ2v) is 7.61. The zero-order valence-electron chi connectivity index (χ0n) is 17.0. The Balaban J connectivity index is 1.86. The minimum atomic E-state index is -2.35. The summed E-state index contributed by atoms with van der Waals surface area (Å²) in [5.74, 6) is -12.7. The maximum absolute atomic E-state index is 14.0. The summed E-state index contributed by atoms with van der Waals surface area (Å²) in [5.41, 5.74) is -1.14. The molecule has 172 valence electrons. The van der Waals surface area contributed by atoms with E-state index < -0.39 is 40.6 Å². The fourth-order valence-corrected chi connectivity index (χ4v) is 3.61. The number of piperazine rings is 1. The van der Waals surface area contributed by atoms with Gasteiger partial charge in [-0.3, -0.25) is 9.59 Å². The van der Waals surface area contributed by atoms with Crippen molar-refractivity contribution in [3.05, 3.63) is 57.9 Å². The highest BCUT2D eigenvalue weighted by atomic mass is 35.5. The monoisotopic (exact) mass is 475 g/mol. The molecule has 0 aromatic heterocycles. The molecule has 0 radical (unpaired) electrons. The molecule has 0 aliphatic carbocycles. The van der Waals surface area contributed by atoms with Gasteiger partial charge in [0.1, 0.15) is 5.56 Å². The van der Waals surface area contributed by atoms with Crippen molar-refractivity contribution in [1.29, 1.82) is 0 Å². The maximum atomic E-state index is 14.0. The van der Waals surface area contributed by atoms with E-state index in [9.17, 15) is 31.5 Å². The van der Waals surface area contributed by atoms with Crippen molar-refractivity contribution in [2.75, 3.05) is 36.4 Å². The lowest BCUT2D eigenvalue weighted by Gasteiger charge is -2.37. The topological polar surface area (TPSA) is 52.7 Å². The third-order valence-electron chi connectivity index (χ3n) is 5.08. The van der Waals surface area contributed by atoms with Gasteiger partial charge in [0.05, 0.1) is 11.4 Å². The standard InChI is InChI=1S/C21H19ClF5N3O2/c1-2-3-14(31)30-8-6-29(7-9-30)13-5-4-11(22)10-12(13)28-21(32)15-16(23)18(25)20(27)19(26)17(15)24/h4-5,10H,2-3,6-9H2,1H3,(H,28,32). The SMILES string of the molecule is CCCC(=O)N1CCN(c2ccc(Cl)cc2NC(=O)c2c(F)c(F)c(F)c(F)c2F)CC1. The Labute approximate surface area is 185 Å². The molecule has 0 saturated carbocycles. The van der Waals surface area contributed by atoms with Gasteiger partial charge in [0.2, 0.25) is 11.7 Å². The third-order valence-corrected chi connectivity index (χ3v) is 5.32. The van der Waals surface area contributed by atoms with Crippen LogP contribution < -0.4 is 10.2 Å². The predicted molar refractivity (Wildman–Crippen MR) is 109 cm³/mol. The first-order chi connectivity index (χ1) is 15.1. The molecule has 0 spiro atoms. The largest absolute Gasteiger partial charge is 0.366 e. The Morgan fingerprint density at radius 3 is 2.06 bits per heavy atom. The number of benzene rings is 2. The van der Waals surface area contributed by atoms with Crippen molar-refractivity contribution in [2.45, 2.75) is 19.8 Å². The number of carbonyl (C=O) groups excluding carboxylic acids is 2. The van der Waals surface area contributed by atoms with E-state index in [1.54, 1.807) is 11.0 Å². The zero-order chi connectivity index (χ0) is 23.6. The van der Waals surface area contributed by atoms with Gasteiger partial charge in [0.15, 0.2) is 23.3 Å². The van der Waals surface area contributed by atoms with Gasteiger partial charge in [-0.15, -0.1) is 0 Å². The number of hydrogen-bond donors (Lipinski definition) is 1. The highest BCUT2D eigenvalue weighted by Crippen LogP contribution is 2.32. The first kappa shape index (κ1) is 23.8. The number of amides is 2. The number of nitrogens with one attached hydrogen (secondary N) is 1. The lowest BCUT2D eigenvalue weighted by Crippen LogP contribution is -2.48. The van der Waals surface area contributed by atoms with E-state index in [0.717, 1.165) is 6.42 Å². The molecule has 1 heterocycles. The van der Waals surface area contributed by atoms with Gasteiger partial charge in [0.25, 0.3) is 5.91 Å². The van der Waals surface area contributed by atoms with Crippen LogP contribution in [0.4, 0.5) is 33.3 Å². The Morgan fingerprint density at radius 2 is 1.50 bits per heavy atom. The van der Waals surface area contributed by atoms with Crippen molar-refractivity contribution in [1.82, 2.24) is 4.90 Å². The minimum Gasteiger partial charge on any atom is -0.366 e. The van der Waals surface area contributed by atoms with E-state index in [1.165, 1.54) is 12.1 Å². The lowest BCUT2D eigenvalue weighted by atomic mass is 10.1. The molecule has 1 aliphatic rings. The van der Waals surface area contributed by atoms with E-state index in [1.807, 2.05) is 11.8 Å². The van der Waals surface area contributed by atoms with Crippen molar-refractivity contribution in [2.24, 2.45) is 0 Å². The molecule has 2 aromatic rings. The summed E-state index contributed by atoms with van der Waals surface area (Å²) in [6.07, 6.45) is 1.16. The zero-order valence-corrected chi connectivity index (χ0v) is 17.7. The molecule has 0 bridgehead atoms. The van der Waals surface area contributed by atoms with Gasteiger partial charge in [-0.2, -0.15) is 0 Å². The molecular formula is C21H19ClF5N3O2. The van der Waals surface area contributed by atoms with E-state index in [0.29, 0.717) is 38.3 Å². The third kappa shape index (κ3) is 4.64. The van der Waals surface area contributed by atoms with Crippen LogP contribution in [0.1, 0.15) is 30.1 Å². The van der Waals surface area contributed by atoms with Crippen molar-refractivity contribution in [3.63, 3.8) is 0 Å². The van der Waals surface area contributed by atoms with Crippen LogP contribution in [0.15, 0.2) is 18.2 Å². The molecule has 1 aliphatic heterocycles. The maximum Gasteiger partial charge on any atom is 0.261 e. The van der Waals surface area contributed by atoms with Crippen LogP contribution in [-0.4, -0.2) is 42.9 Å². The predicted octanol–water partition coefficient (Wildman–Crippen LogP) is 4.74. The Hall–Kier alpha value is -2.88. The molecule has 0 atom stereocenters. The number of hydrogen-bond acceptors (Lipinski definition) is 3. The lowest BCUT2D eigenvalue weighted by molar-refractivity contribution is -0.131. The smallest absolute Gasteiger partial charge is 0.261 e. The summed E-state index contributed by atoms with van der Waals surface area (Å²) in [4.78, 5) is 28.1. The first-order valence-corrected chi connectivity index (χ1v) is 10.2. The normalized spacial score (nSPS) is 14.0. The number of halogens is 6. The molecule has 1 fully saturated rings. The first-order valence-electron chi connectivity index (χ1n) is 9.80. The summed E-state index contributed by atoms with van der Waals surface area (Å²) >= 11 is 5.98. The van der Waals surface area contributed by atoms with Crippen LogP contribution in [0, 0.1) is 29.1 Å². The number of rotatable bonds is 5. The summed E-state index contributed by atoms with van der Waals surface area (Å²) in [6.45, 7) is 3.56. The molecule has 2 aromatic carbocycles. The van der Waals surface area contributed by atoms with Crippen LogP contribution in [0.5, 0.6) is 0 Å². The van der Waals surface area contributed by atoms with E-state index >= 15 is 0 Å². The molecule has 1 N–H and O–H groups in total. The molecule has 11 heteroatoms. The van der Waals surface area contributed by atoms with Crippen LogP contribution in [0.25, 0.3) is 0 Å². The fraction of sp³-hybridized carbons (Fsp3) is 0.333. The molecular weight excluding hydrogens is 457 g/mol. The van der Waals surface area contributed by atoms with Crippen molar-refractivity contribution in [3.8, 4) is 0 Å². The van der Waals surface area contributed by atoms with Gasteiger partial charge < -0.3 is 15.1 Å². The Kier molecular flexibility index (Phi) is 7.22. The van der Waals surface area contributed by atoms with Gasteiger partial charge in [-0.05, 0) is 24.6 Å². The van der Waals surface area contributed by atoms with E-state index in [4.69, 9.17) is 11.6 Å². The fourth-order valence-electron chi connectivity index (χ4n) is 3.44. The summed E-state index contributed by atoms with van der Waals surface area (Å²) in [6, 6.07) is 4.38. The molecule has 0 unspecified atom stereocenters. The molecule has 5 nitrogen and oxygen atoms in total. The number of anilines is 2. The van der Waals surface area contributed by atoms with Crippen molar-refractivity contribution < 1.29 is 31.5 Å². The highest BCUT2D eigenvalue weighted by Gasteiger charge is 2.30. The van der Waals surface area contributed by atoms with Crippen LogP contribution in [-0.2, 0) is 4.79 Å². The average molecular weight is 476 g/mol. The molecule has 1 saturated heterocycles. The van der Waals surface area contributed by atoms with E-state index in [2.05, 4.69) is 5.32 Å². The number of nitrogens with zero attached hydrogens (tertiary/aromatic N) is 2. The minimum absolute atomic E-state index is 0.0276. The van der Waals surface area contributed by atoms with Crippen LogP contribution >= 0.6 is 11.6 Å². The second-order valence-electron chi connectivity index (χ2n) is 7.18. The summed E-state index contributed by atoms with van der Waals surface area (Å²) in [7, 11) is 0. The van der Waals surface area contributed by atoms with Gasteiger partial charge in [0, 0.05) is 37.6 Å². The van der Waals surface area contributed by atoms with Crippen LogP contribution in [0.2, 0.25) is 5.02 Å². The molecule has 2 amide bonds. The number of carbonyl (C=O) groups is 2. The van der Waals surface area contributed by atoms with Crippen molar-refractivity contribution >= 4 is 34.8 Å². The Morgan fingerprint density at radius 1 is 0.938 bits per heavy atom. The van der Waals surface area contributed by atoms with Gasteiger partial charge in [-0.1, -0.05) is 18.5 Å². The van der Waals surface area contributed by atoms with Gasteiger partial charge >= 0.3 is 0 Å². The highest BCUT2D eigenvalue weighted by molar-refractivity contribution is 6.31. The van der Waals surface area contributed by atoms with E-state index in [-0.39, 0.29) is 16.6 Å².